The van der Waals surface area contributed by atoms with E-state index >= 15 is 0 Å². The first-order valence-electron chi connectivity index (χ1n) is 4.52. The van der Waals surface area contributed by atoms with Crippen LogP contribution in [0.25, 0.3) is 0 Å². The highest BCUT2D eigenvalue weighted by atomic mass is 31.0. The predicted molar refractivity (Wildman–Crippen MR) is 55.5 cm³/mol. The third-order valence-corrected chi connectivity index (χ3v) is 3.31. The van der Waals surface area contributed by atoms with Gasteiger partial charge < -0.3 is 4.74 Å². The third-order valence-electron chi connectivity index (χ3n) is 2.77. The summed E-state index contributed by atoms with van der Waals surface area (Å²) in [6.45, 7) is 3.22. The number of amides is 2. The summed E-state index contributed by atoms with van der Waals surface area (Å²) in [6, 6.07) is 0. The number of hydrogen-bond acceptors (Lipinski definition) is 4. The van der Waals surface area contributed by atoms with Crippen LogP contribution in [0.15, 0.2) is 0 Å². The molecule has 84 valence electrons. The Hall–Kier alpha value is -0.960. The number of hydrogen-bond donors (Lipinski definition) is 0. The number of carbonyl (C=O) groups excluding carboxylic acids is 3. The fraction of sp³-hybridized carbons (Fsp3) is 0.667. The van der Waals surface area contributed by atoms with Gasteiger partial charge in [0, 0.05) is 6.42 Å². The Balaban J connectivity index is 2.95. The van der Waals surface area contributed by atoms with Crippen LogP contribution in [0, 0.1) is 11.3 Å². The number of imide groups is 1. The fourth-order valence-corrected chi connectivity index (χ4v) is 1.91. The molecule has 1 fully saturated rings. The Morgan fingerprint density at radius 2 is 2.07 bits per heavy atom. The van der Waals surface area contributed by atoms with Gasteiger partial charge in [0.05, 0.1) is 18.4 Å². The number of nitrogens with zero attached hydrogens (tertiary/aromatic N) is 1. The van der Waals surface area contributed by atoms with Crippen molar-refractivity contribution < 1.29 is 19.1 Å². The van der Waals surface area contributed by atoms with Gasteiger partial charge in [0.1, 0.15) is 0 Å². The van der Waals surface area contributed by atoms with E-state index in [1.807, 2.05) is 0 Å². The van der Waals surface area contributed by atoms with E-state index in [4.69, 9.17) is 0 Å². The lowest BCUT2D eigenvalue weighted by Gasteiger charge is -2.26. The molecule has 0 saturated carbocycles. The van der Waals surface area contributed by atoms with Crippen LogP contribution in [0.3, 0.4) is 0 Å². The molecule has 0 spiro atoms. The summed E-state index contributed by atoms with van der Waals surface area (Å²) in [7, 11) is 3.33. The Bertz CT molecular complexity index is 326. The molecule has 1 heterocycles. The molecule has 0 bridgehead atoms. The first-order valence-corrected chi connectivity index (χ1v) is 5.04. The molecular weight excluding hydrogens is 217 g/mol. The number of esters is 1. The van der Waals surface area contributed by atoms with Crippen LogP contribution >= 0.6 is 9.39 Å². The zero-order chi connectivity index (χ0) is 11.8. The quantitative estimate of drug-likeness (QED) is 0.391. The fourth-order valence-electron chi connectivity index (χ4n) is 1.62. The topological polar surface area (TPSA) is 63.7 Å². The molecule has 2 unspecified atom stereocenters. The first kappa shape index (κ1) is 12.1. The third kappa shape index (κ3) is 1.88. The van der Waals surface area contributed by atoms with E-state index in [-0.39, 0.29) is 18.2 Å². The normalized spacial score (nSPS) is 22.1. The van der Waals surface area contributed by atoms with Crippen LogP contribution in [0.4, 0.5) is 0 Å². The van der Waals surface area contributed by atoms with Crippen LogP contribution in [0.2, 0.25) is 0 Å². The van der Waals surface area contributed by atoms with E-state index in [1.54, 1.807) is 13.8 Å². The molecule has 0 aliphatic carbocycles. The van der Waals surface area contributed by atoms with Gasteiger partial charge in [-0.25, -0.2) is 0 Å². The summed E-state index contributed by atoms with van der Waals surface area (Å²) in [6.07, 6.45) is 0.0600. The van der Waals surface area contributed by atoms with E-state index in [1.165, 1.54) is 7.11 Å². The van der Waals surface area contributed by atoms with Crippen molar-refractivity contribution in [2.75, 3.05) is 7.11 Å². The van der Waals surface area contributed by atoms with Crippen LogP contribution in [-0.2, 0) is 19.1 Å². The average molecular weight is 231 g/mol. The van der Waals surface area contributed by atoms with E-state index < -0.39 is 17.3 Å². The molecule has 0 radical (unpaired) electrons. The van der Waals surface area contributed by atoms with E-state index in [9.17, 15) is 14.4 Å². The van der Waals surface area contributed by atoms with Crippen LogP contribution in [0.5, 0.6) is 0 Å². The molecule has 0 aromatic carbocycles. The molecule has 0 aromatic heterocycles. The summed E-state index contributed by atoms with van der Waals surface area (Å²) in [5.74, 6) is -1.74. The van der Waals surface area contributed by atoms with Crippen molar-refractivity contribution in [2.24, 2.45) is 11.3 Å². The van der Waals surface area contributed by atoms with Gasteiger partial charge in [-0.3, -0.25) is 19.1 Å². The summed E-state index contributed by atoms with van der Waals surface area (Å²) in [5.41, 5.74) is -0.965. The van der Waals surface area contributed by atoms with E-state index in [0.29, 0.717) is 0 Å². The highest BCUT2D eigenvalue weighted by Crippen LogP contribution is 2.37. The van der Waals surface area contributed by atoms with Crippen molar-refractivity contribution in [2.45, 2.75) is 20.3 Å². The minimum Gasteiger partial charge on any atom is -0.469 e. The second-order valence-electron chi connectivity index (χ2n) is 4.07. The van der Waals surface area contributed by atoms with Crippen molar-refractivity contribution in [1.82, 2.24) is 4.67 Å². The molecule has 15 heavy (non-hydrogen) atoms. The number of rotatable bonds is 2. The zero-order valence-corrected chi connectivity index (χ0v) is 10.1. The lowest BCUT2D eigenvalue weighted by atomic mass is 9.78. The maximum Gasteiger partial charge on any atom is 0.312 e. The molecule has 0 aromatic rings. The summed E-state index contributed by atoms with van der Waals surface area (Å²) in [5, 5.41) is 0. The Kier molecular flexibility index (Phi) is 3.14. The lowest BCUT2D eigenvalue weighted by molar-refractivity contribution is -0.156. The molecule has 1 aliphatic heterocycles. The van der Waals surface area contributed by atoms with Gasteiger partial charge in [0.15, 0.2) is 0 Å². The maximum atomic E-state index is 11.7. The standard InChI is InChI=1S/C9H14NO4P/c1-9(2,8(13)14-3)5-4-6(11)10(15)7(5)12/h5H,4,15H2,1-3H3. The highest BCUT2D eigenvalue weighted by molar-refractivity contribution is 7.16. The van der Waals surface area contributed by atoms with Crippen molar-refractivity contribution in [3.63, 3.8) is 0 Å². The van der Waals surface area contributed by atoms with Crippen LogP contribution < -0.4 is 0 Å². The van der Waals surface area contributed by atoms with E-state index in [0.717, 1.165) is 4.67 Å². The molecule has 5 nitrogen and oxygen atoms in total. The molecule has 1 rings (SSSR count). The van der Waals surface area contributed by atoms with Gasteiger partial charge in [-0.1, -0.05) is 0 Å². The van der Waals surface area contributed by atoms with Crippen molar-refractivity contribution in [3.05, 3.63) is 0 Å². The monoisotopic (exact) mass is 231 g/mol. The smallest absolute Gasteiger partial charge is 0.312 e. The van der Waals surface area contributed by atoms with Crippen molar-refractivity contribution >= 4 is 27.2 Å². The van der Waals surface area contributed by atoms with Crippen LogP contribution in [-0.4, -0.2) is 29.6 Å². The molecule has 6 heteroatoms. The Morgan fingerprint density at radius 3 is 2.40 bits per heavy atom. The summed E-state index contributed by atoms with van der Waals surface area (Å²) < 4.78 is 5.60. The minimum absolute atomic E-state index is 0.0600. The van der Waals surface area contributed by atoms with Gasteiger partial charge in [0.25, 0.3) is 0 Å². The van der Waals surface area contributed by atoms with Gasteiger partial charge in [-0.15, -0.1) is 0 Å². The summed E-state index contributed by atoms with van der Waals surface area (Å²) in [4.78, 5) is 34.4. The largest absolute Gasteiger partial charge is 0.469 e. The van der Waals surface area contributed by atoms with E-state index in [2.05, 4.69) is 14.1 Å². The molecule has 1 saturated heterocycles. The number of methoxy groups -OCH3 is 1. The van der Waals surface area contributed by atoms with Gasteiger partial charge in [0.2, 0.25) is 11.8 Å². The Labute approximate surface area is 90.4 Å². The zero-order valence-electron chi connectivity index (χ0n) is 8.94. The molecule has 2 atom stereocenters. The highest BCUT2D eigenvalue weighted by Gasteiger charge is 2.49. The van der Waals surface area contributed by atoms with Gasteiger partial charge in [-0.2, -0.15) is 0 Å². The van der Waals surface area contributed by atoms with Crippen LogP contribution in [0.1, 0.15) is 20.3 Å². The molecule has 2 amide bonds. The molecule has 1 aliphatic rings. The first-order chi connectivity index (χ1) is 6.82. The summed E-state index contributed by atoms with van der Waals surface area (Å²) >= 11 is 0. The average Bonchev–Trinajstić information content (AvgIpc) is 2.45. The van der Waals surface area contributed by atoms with Gasteiger partial charge >= 0.3 is 5.97 Å². The van der Waals surface area contributed by atoms with Gasteiger partial charge in [-0.05, 0) is 23.2 Å². The van der Waals surface area contributed by atoms with Crippen molar-refractivity contribution in [1.29, 1.82) is 0 Å². The number of carbonyl (C=O) groups is 3. The second-order valence-corrected chi connectivity index (χ2v) is 4.59. The second kappa shape index (κ2) is 3.89. The minimum atomic E-state index is -0.965. The molecule has 0 N–H and O–H groups in total. The maximum absolute atomic E-state index is 11.7. The molecular formula is C9H14NO4P. The predicted octanol–water partition coefficient (Wildman–Crippen LogP) is 0.351. The Morgan fingerprint density at radius 1 is 1.53 bits per heavy atom. The number of ether oxygens (including phenoxy) is 1. The lowest BCUT2D eigenvalue weighted by Crippen LogP contribution is -2.37. The van der Waals surface area contributed by atoms with Crippen molar-refractivity contribution in [3.8, 4) is 0 Å². The SMILES string of the molecule is COC(=O)C(C)(C)C1CC(=O)N(P)C1=O.